The maximum Gasteiger partial charge on any atom is 0.338 e. The Morgan fingerprint density at radius 1 is 0.875 bits per heavy atom. The lowest BCUT2D eigenvalue weighted by Gasteiger charge is -2.28. The van der Waals surface area contributed by atoms with Crippen LogP contribution in [0.15, 0.2) is 96.2 Å². The SMILES string of the molecule is CC1=C(C(=O)OCc2ccccc2)C(c2cccc(OCc3ccccc3)c2)NC(=O)N1. The van der Waals surface area contributed by atoms with Crippen LogP contribution in [0, 0.1) is 0 Å². The van der Waals surface area contributed by atoms with Crippen molar-refractivity contribution in [2.24, 2.45) is 0 Å². The minimum atomic E-state index is -0.646. The number of rotatable bonds is 7. The zero-order valence-corrected chi connectivity index (χ0v) is 17.7. The smallest absolute Gasteiger partial charge is 0.338 e. The Bertz CT molecular complexity index is 1130. The molecule has 1 heterocycles. The number of benzene rings is 3. The van der Waals surface area contributed by atoms with E-state index in [4.69, 9.17) is 9.47 Å². The molecule has 0 radical (unpaired) electrons. The molecule has 3 aromatic carbocycles. The van der Waals surface area contributed by atoms with Gasteiger partial charge in [-0.2, -0.15) is 0 Å². The predicted molar refractivity (Wildman–Crippen MR) is 121 cm³/mol. The van der Waals surface area contributed by atoms with Crippen LogP contribution in [0.2, 0.25) is 0 Å². The van der Waals surface area contributed by atoms with Crippen molar-refractivity contribution in [1.29, 1.82) is 0 Å². The molecule has 1 aliphatic heterocycles. The van der Waals surface area contributed by atoms with Crippen molar-refractivity contribution < 1.29 is 19.1 Å². The number of esters is 1. The first-order chi connectivity index (χ1) is 15.6. The van der Waals surface area contributed by atoms with Gasteiger partial charge >= 0.3 is 12.0 Å². The van der Waals surface area contributed by atoms with Gasteiger partial charge in [0.1, 0.15) is 19.0 Å². The minimum Gasteiger partial charge on any atom is -0.489 e. The van der Waals surface area contributed by atoms with E-state index in [0.29, 0.717) is 23.6 Å². The van der Waals surface area contributed by atoms with Gasteiger partial charge in [-0.3, -0.25) is 0 Å². The molecule has 0 aliphatic carbocycles. The Labute approximate surface area is 186 Å². The fourth-order valence-electron chi connectivity index (χ4n) is 3.54. The molecular formula is C26H24N2O4. The van der Waals surface area contributed by atoms with E-state index in [-0.39, 0.29) is 12.6 Å². The second-order valence-corrected chi connectivity index (χ2v) is 7.48. The van der Waals surface area contributed by atoms with Gasteiger partial charge in [-0.1, -0.05) is 72.8 Å². The normalized spacial score (nSPS) is 15.5. The summed E-state index contributed by atoms with van der Waals surface area (Å²) in [5.74, 6) is 0.160. The van der Waals surface area contributed by atoms with Gasteiger partial charge in [0, 0.05) is 5.70 Å². The van der Waals surface area contributed by atoms with E-state index in [1.807, 2.05) is 84.9 Å². The molecule has 0 saturated heterocycles. The number of hydrogen-bond donors (Lipinski definition) is 2. The number of amides is 2. The van der Waals surface area contributed by atoms with E-state index in [2.05, 4.69) is 10.6 Å². The second-order valence-electron chi connectivity index (χ2n) is 7.48. The molecule has 6 nitrogen and oxygen atoms in total. The fourth-order valence-corrected chi connectivity index (χ4v) is 3.54. The topological polar surface area (TPSA) is 76.7 Å². The summed E-state index contributed by atoms with van der Waals surface area (Å²) in [4.78, 5) is 25.1. The molecule has 2 amide bonds. The lowest BCUT2D eigenvalue weighted by atomic mass is 9.95. The molecule has 162 valence electrons. The Morgan fingerprint density at radius 2 is 1.53 bits per heavy atom. The molecule has 1 atom stereocenters. The third-order valence-corrected chi connectivity index (χ3v) is 5.14. The lowest BCUT2D eigenvalue weighted by molar-refractivity contribution is -0.140. The summed E-state index contributed by atoms with van der Waals surface area (Å²) in [6, 6.07) is 25.7. The van der Waals surface area contributed by atoms with Crippen molar-refractivity contribution >= 4 is 12.0 Å². The maximum absolute atomic E-state index is 13.0. The first kappa shape index (κ1) is 21.2. The molecule has 6 heteroatoms. The van der Waals surface area contributed by atoms with Crippen molar-refractivity contribution in [3.63, 3.8) is 0 Å². The monoisotopic (exact) mass is 428 g/mol. The van der Waals surface area contributed by atoms with Crippen molar-refractivity contribution in [3.8, 4) is 5.75 Å². The first-order valence-corrected chi connectivity index (χ1v) is 10.4. The third-order valence-electron chi connectivity index (χ3n) is 5.14. The Balaban J connectivity index is 1.53. The van der Waals surface area contributed by atoms with Gasteiger partial charge in [-0.25, -0.2) is 9.59 Å². The number of nitrogens with one attached hydrogen (secondary N) is 2. The average Bonchev–Trinajstić information content (AvgIpc) is 2.82. The van der Waals surface area contributed by atoms with E-state index in [1.54, 1.807) is 6.92 Å². The highest BCUT2D eigenvalue weighted by atomic mass is 16.5. The summed E-state index contributed by atoms with van der Waals surface area (Å²) < 4.78 is 11.5. The molecular weight excluding hydrogens is 404 g/mol. The van der Waals surface area contributed by atoms with Gasteiger partial charge in [0.25, 0.3) is 0 Å². The number of urea groups is 1. The van der Waals surface area contributed by atoms with Gasteiger partial charge in [-0.15, -0.1) is 0 Å². The summed E-state index contributed by atoms with van der Waals surface area (Å²) >= 11 is 0. The van der Waals surface area contributed by atoms with Crippen LogP contribution in [0.25, 0.3) is 0 Å². The molecule has 2 N–H and O–H groups in total. The molecule has 32 heavy (non-hydrogen) atoms. The fraction of sp³-hybridized carbons (Fsp3) is 0.154. The van der Waals surface area contributed by atoms with Crippen LogP contribution in [0.4, 0.5) is 4.79 Å². The van der Waals surface area contributed by atoms with E-state index < -0.39 is 12.0 Å². The minimum absolute atomic E-state index is 0.150. The maximum atomic E-state index is 13.0. The van der Waals surface area contributed by atoms with Gasteiger partial charge in [-0.05, 0) is 35.7 Å². The molecule has 4 rings (SSSR count). The lowest BCUT2D eigenvalue weighted by Crippen LogP contribution is -2.45. The van der Waals surface area contributed by atoms with Crippen molar-refractivity contribution in [2.75, 3.05) is 0 Å². The number of carbonyl (C=O) groups is 2. The molecule has 1 aliphatic rings. The Hall–Kier alpha value is -4.06. The number of carbonyl (C=O) groups excluding carboxylic acids is 2. The number of ether oxygens (including phenoxy) is 2. The molecule has 0 aromatic heterocycles. The highest BCUT2D eigenvalue weighted by Crippen LogP contribution is 2.30. The number of allylic oxidation sites excluding steroid dienone is 1. The highest BCUT2D eigenvalue weighted by molar-refractivity contribution is 5.95. The molecule has 1 unspecified atom stereocenters. The van der Waals surface area contributed by atoms with Crippen LogP contribution in [0.1, 0.15) is 29.7 Å². The molecule has 0 saturated carbocycles. The largest absolute Gasteiger partial charge is 0.489 e. The highest BCUT2D eigenvalue weighted by Gasteiger charge is 2.32. The molecule has 0 fully saturated rings. The summed E-state index contributed by atoms with van der Waals surface area (Å²) in [6.45, 7) is 2.27. The van der Waals surface area contributed by atoms with Crippen molar-refractivity contribution in [3.05, 3.63) is 113 Å². The average molecular weight is 428 g/mol. The van der Waals surface area contributed by atoms with E-state index in [0.717, 1.165) is 16.7 Å². The van der Waals surface area contributed by atoms with Crippen LogP contribution >= 0.6 is 0 Å². The van der Waals surface area contributed by atoms with E-state index in [1.165, 1.54) is 0 Å². The van der Waals surface area contributed by atoms with Crippen LogP contribution in [-0.4, -0.2) is 12.0 Å². The van der Waals surface area contributed by atoms with Crippen LogP contribution in [-0.2, 0) is 22.7 Å². The predicted octanol–water partition coefficient (Wildman–Crippen LogP) is 4.64. The zero-order valence-electron chi connectivity index (χ0n) is 17.7. The second kappa shape index (κ2) is 9.83. The standard InChI is InChI=1S/C26H24N2O4/c1-18-23(25(29)32-17-20-11-6-3-7-12-20)24(28-26(30)27-18)21-13-8-14-22(15-21)31-16-19-9-4-2-5-10-19/h2-15,24H,16-17H2,1H3,(H2,27,28,30). The quantitative estimate of drug-likeness (QED) is 0.538. The van der Waals surface area contributed by atoms with Crippen LogP contribution < -0.4 is 15.4 Å². The van der Waals surface area contributed by atoms with Gasteiger partial charge < -0.3 is 20.1 Å². The van der Waals surface area contributed by atoms with Crippen molar-refractivity contribution in [2.45, 2.75) is 26.2 Å². The first-order valence-electron chi connectivity index (χ1n) is 10.4. The Morgan fingerprint density at radius 3 is 2.22 bits per heavy atom. The summed E-state index contributed by atoms with van der Waals surface area (Å²) in [5, 5.41) is 5.50. The van der Waals surface area contributed by atoms with E-state index >= 15 is 0 Å². The molecule has 0 spiro atoms. The summed E-state index contributed by atoms with van der Waals surface area (Å²) in [7, 11) is 0. The summed E-state index contributed by atoms with van der Waals surface area (Å²) in [5.41, 5.74) is 3.50. The molecule has 0 bridgehead atoms. The van der Waals surface area contributed by atoms with Gasteiger partial charge in [0.2, 0.25) is 0 Å². The van der Waals surface area contributed by atoms with Crippen molar-refractivity contribution in [1.82, 2.24) is 10.6 Å². The third kappa shape index (κ3) is 5.16. The van der Waals surface area contributed by atoms with Gasteiger partial charge in [0.05, 0.1) is 11.6 Å². The van der Waals surface area contributed by atoms with Crippen LogP contribution in [0.3, 0.4) is 0 Å². The zero-order chi connectivity index (χ0) is 22.3. The number of hydrogen-bond acceptors (Lipinski definition) is 4. The van der Waals surface area contributed by atoms with Crippen LogP contribution in [0.5, 0.6) is 5.75 Å². The van der Waals surface area contributed by atoms with Gasteiger partial charge in [0.15, 0.2) is 0 Å². The summed E-state index contributed by atoms with van der Waals surface area (Å²) in [6.07, 6.45) is 0. The van der Waals surface area contributed by atoms with E-state index in [9.17, 15) is 9.59 Å². The Kier molecular flexibility index (Phi) is 6.51. The molecule has 3 aromatic rings.